The second kappa shape index (κ2) is 6.93. The number of rotatable bonds is 5. The summed E-state index contributed by atoms with van der Waals surface area (Å²) >= 11 is 0. The van der Waals surface area contributed by atoms with Gasteiger partial charge in [-0.25, -0.2) is 0 Å². The van der Waals surface area contributed by atoms with E-state index in [1.807, 2.05) is 0 Å². The minimum atomic E-state index is -4.70. The third-order valence-electron chi connectivity index (χ3n) is 3.29. The van der Waals surface area contributed by atoms with E-state index in [2.05, 4.69) is 4.74 Å². The average Bonchev–Trinajstić information content (AvgIpc) is 2.40. The van der Waals surface area contributed by atoms with Crippen LogP contribution in [0.1, 0.15) is 31.2 Å². The molecule has 0 bridgehead atoms. The van der Waals surface area contributed by atoms with Crippen LogP contribution in [0.4, 0.5) is 13.2 Å². The fraction of sp³-hybridized carbons (Fsp3) is 0.533. The molecule has 0 N–H and O–H groups in total. The minimum Gasteiger partial charge on any atom is -0.406 e. The van der Waals surface area contributed by atoms with Crippen LogP contribution in [0.15, 0.2) is 24.3 Å². The average molecular weight is 302 g/mol. The predicted octanol–water partition coefficient (Wildman–Crippen LogP) is 3.66. The molecule has 0 amide bonds. The van der Waals surface area contributed by atoms with Crippen LogP contribution in [-0.2, 0) is 16.0 Å². The maximum Gasteiger partial charge on any atom is 0.573 e. The van der Waals surface area contributed by atoms with Gasteiger partial charge in [-0.3, -0.25) is 4.79 Å². The van der Waals surface area contributed by atoms with Crippen molar-refractivity contribution in [2.45, 2.75) is 44.6 Å². The van der Waals surface area contributed by atoms with E-state index < -0.39 is 6.36 Å². The lowest BCUT2D eigenvalue weighted by molar-refractivity contribution is -0.274. The van der Waals surface area contributed by atoms with Gasteiger partial charge in [0.05, 0.1) is 6.10 Å². The summed E-state index contributed by atoms with van der Waals surface area (Å²) < 4.78 is 45.3. The van der Waals surface area contributed by atoms with Crippen molar-refractivity contribution in [2.24, 2.45) is 0 Å². The molecule has 1 heterocycles. The van der Waals surface area contributed by atoms with Crippen LogP contribution in [0.2, 0.25) is 0 Å². The standard InChI is InChI=1S/C15H17F3O3/c16-15(17,18)21-13-6-4-11(5-7-13)9-12(19)10-14-3-1-2-8-20-14/h4-7,14H,1-3,8-10H2. The Balaban J connectivity index is 1.83. The first-order chi connectivity index (χ1) is 9.92. The fourth-order valence-electron chi connectivity index (χ4n) is 2.33. The maximum absolute atomic E-state index is 12.0. The normalized spacial score (nSPS) is 19.3. The van der Waals surface area contributed by atoms with E-state index in [0.717, 1.165) is 19.3 Å². The van der Waals surface area contributed by atoms with Crippen molar-refractivity contribution in [2.75, 3.05) is 6.61 Å². The molecule has 21 heavy (non-hydrogen) atoms. The molecule has 1 fully saturated rings. The van der Waals surface area contributed by atoms with Crippen LogP contribution in [0.5, 0.6) is 5.75 Å². The second-order valence-electron chi connectivity index (χ2n) is 5.10. The van der Waals surface area contributed by atoms with Gasteiger partial charge >= 0.3 is 6.36 Å². The molecule has 6 heteroatoms. The van der Waals surface area contributed by atoms with Crippen molar-refractivity contribution in [1.29, 1.82) is 0 Å². The number of ketones is 1. The SMILES string of the molecule is O=C(Cc1ccc(OC(F)(F)F)cc1)CC1CCCCO1. The summed E-state index contributed by atoms with van der Waals surface area (Å²) in [5.41, 5.74) is 0.672. The Kier molecular flexibility index (Phi) is 5.22. The quantitative estimate of drug-likeness (QED) is 0.832. The predicted molar refractivity (Wildman–Crippen MR) is 70.0 cm³/mol. The van der Waals surface area contributed by atoms with Crippen LogP contribution in [-0.4, -0.2) is 24.9 Å². The zero-order chi connectivity index (χ0) is 15.3. The largest absolute Gasteiger partial charge is 0.573 e. The van der Waals surface area contributed by atoms with Gasteiger partial charge in [0.2, 0.25) is 0 Å². The number of carbonyl (C=O) groups excluding carboxylic acids is 1. The summed E-state index contributed by atoms with van der Waals surface area (Å²) in [6.07, 6.45) is -1.15. The number of carbonyl (C=O) groups is 1. The molecule has 1 aromatic carbocycles. The maximum atomic E-state index is 12.0. The molecule has 1 saturated heterocycles. The van der Waals surface area contributed by atoms with Gasteiger partial charge < -0.3 is 9.47 Å². The molecule has 116 valence electrons. The Hall–Kier alpha value is -1.56. The molecule has 0 aromatic heterocycles. The van der Waals surface area contributed by atoms with Gasteiger partial charge in [0.15, 0.2) is 0 Å². The zero-order valence-corrected chi connectivity index (χ0v) is 11.5. The Morgan fingerprint density at radius 2 is 1.95 bits per heavy atom. The molecule has 0 saturated carbocycles. The van der Waals surface area contributed by atoms with Crippen LogP contribution in [0.3, 0.4) is 0 Å². The van der Waals surface area contributed by atoms with Crippen LogP contribution in [0, 0.1) is 0 Å². The Morgan fingerprint density at radius 1 is 1.24 bits per heavy atom. The van der Waals surface area contributed by atoms with Crippen molar-refractivity contribution in [3.05, 3.63) is 29.8 Å². The molecular weight excluding hydrogens is 285 g/mol. The van der Waals surface area contributed by atoms with Gasteiger partial charge in [-0.15, -0.1) is 13.2 Å². The molecule has 0 spiro atoms. The lowest BCUT2D eigenvalue weighted by Gasteiger charge is -2.21. The topological polar surface area (TPSA) is 35.5 Å². The molecule has 1 atom stereocenters. The van der Waals surface area contributed by atoms with E-state index in [4.69, 9.17) is 4.74 Å². The van der Waals surface area contributed by atoms with Gasteiger partial charge in [-0.05, 0) is 37.0 Å². The van der Waals surface area contributed by atoms with Crippen LogP contribution in [0.25, 0.3) is 0 Å². The van der Waals surface area contributed by atoms with Crippen molar-refractivity contribution < 1.29 is 27.4 Å². The van der Waals surface area contributed by atoms with E-state index in [1.165, 1.54) is 24.3 Å². The highest BCUT2D eigenvalue weighted by atomic mass is 19.4. The Bertz CT molecular complexity index is 462. The molecule has 3 nitrogen and oxygen atoms in total. The first-order valence-electron chi connectivity index (χ1n) is 6.90. The third-order valence-corrected chi connectivity index (χ3v) is 3.29. The second-order valence-corrected chi connectivity index (χ2v) is 5.10. The number of hydrogen-bond acceptors (Lipinski definition) is 3. The monoisotopic (exact) mass is 302 g/mol. The van der Waals surface area contributed by atoms with Gasteiger partial charge in [0, 0.05) is 19.4 Å². The molecule has 0 radical (unpaired) electrons. The number of alkyl halides is 3. The van der Waals surface area contributed by atoms with E-state index in [1.54, 1.807) is 0 Å². The molecule has 2 rings (SSSR count). The van der Waals surface area contributed by atoms with Gasteiger partial charge in [0.25, 0.3) is 0 Å². The molecule has 1 unspecified atom stereocenters. The van der Waals surface area contributed by atoms with Crippen LogP contribution >= 0.6 is 0 Å². The lowest BCUT2D eigenvalue weighted by Crippen LogP contribution is -2.23. The summed E-state index contributed by atoms with van der Waals surface area (Å²) in [6, 6.07) is 5.38. The summed E-state index contributed by atoms with van der Waals surface area (Å²) in [6.45, 7) is 0.696. The number of halogens is 3. The number of hydrogen-bond donors (Lipinski definition) is 0. The third kappa shape index (κ3) is 5.75. The van der Waals surface area contributed by atoms with Crippen molar-refractivity contribution in [1.82, 2.24) is 0 Å². The van der Waals surface area contributed by atoms with Gasteiger partial charge in [-0.2, -0.15) is 0 Å². The van der Waals surface area contributed by atoms with E-state index >= 15 is 0 Å². The molecule has 1 aliphatic heterocycles. The first-order valence-corrected chi connectivity index (χ1v) is 6.90. The first kappa shape index (κ1) is 15.8. The molecular formula is C15H17F3O3. The van der Waals surface area contributed by atoms with Crippen molar-refractivity contribution >= 4 is 5.78 Å². The number of Topliss-reactive ketones (excluding diaryl/α,β-unsaturated/α-hetero) is 1. The summed E-state index contributed by atoms with van der Waals surface area (Å²) in [4.78, 5) is 11.9. The van der Waals surface area contributed by atoms with Gasteiger partial charge in [0.1, 0.15) is 11.5 Å². The molecule has 1 aliphatic rings. The summed E-state index contributed by atoms with van der Waals surface area (Å²) in [7, 11) is 0. The van der Waals surface area contributed by atoms with Gasteiger partial charge in [-0.1, -0.05) is 12.1 Å². The molecule has 0 aliphatic carbocycles. The zero-order valence-electron chi connectivity index (χ0n) is 11.5. The van der Waals surface area contributed by atoms with Crippen molar-refractivity contribution in [3.63, 3.8) is 0 Å². The fourth-order valence-corrected chi connectivity index (χ4v) is 2.33. The highest BCUT2D eigenvalue weighted by molar-refractivity contribution is 5.81. The van der Waals surface area contributed by atoms with E-state index in [9.17, 15) is 18.0 Å². The highest BCUT2D eigenvalue weighted by Gasteiger charge is 2.31. The lowest BCUT2D eigenvalue weighted by atomic mass is 10.00. The smallest absolute Gasteiger partial charge is 0.406 e. The van der Waals surface area contributed by atoms with Crippen LogP contribution < -0.4 is 4.74 Å². The highest BCUT2D eigenvalue weighted by Crippen LogP contribution is 2.23. The summed E-state index contributed by atoms with van der Waals surface area (Å²) in [5.74, 6) is -0.249. The minimum absolute atomic E-state index is 0.0147. The number of benzene rings is 1. The molecule has 1 aromatic rings. The Labute approximate surface area is 121 Å². The van der Waals surface area contributed by atoms with Crippen molar-refractivity contribution in [3.8, 4) is 5.75 Å². The van der Waals surface area contributed by atoms with E-state index in [0.29, 0.717) is 18.6 Å². The van der Waals surface area contributed by atoms with E-state index in [-0.39, 0.29) is 24.1 Å². The Morgan fingerprint density at radius 3 is 2.52 bits per heavy atom. The number of ether oxygens (including phenoxy) is 2. The summed E-state index contributed by atoms with van der Waals surface area (Å²) in [5, 5.41) is 0.